The minimum Gasteiger partial charge on any atom is -0.396 e. The van der Waals surface area contributed by atoms with Gasteiger partial charge in [0.15, 0.2) is 0 Å². The number of aliphatic hydroxyl groups excluding tert-OH is 1. The smallest absolute Gasteiger partial charge is 0.0616 e. The number of nitrogens with one attached hydrogen (secondary N) is 1. The van der Waals surface area contributed by atoms with Crippen LogP contribution in [0.2, 0.25) is 0 Å². The van der Waals surface area contributed by atoms with Gasteiger partial charge < -0.3 is 15.2 Å². The van der Waals surface area contributed by atoms with E-state index in [1.165, 1.54) is 5.69 Å². The summed E-state index contributed by atoms with van der Waals surface area (Å²) in [5.41, 5.74) is 2.21. The molecule has 0 radical (unpaired) electrons. The van der Waals surface area contributed by atoms with E-state index >= 15 is 0 Å². The molecule has 0 aliphatic heterocycles. The summed E-state index contributed by atoms with van der Waals surface area (Å²) in [7, 11) is 1.67. The van der Waals surface area contributed by atoms with Gasteiger partial charge in [-0.3, -0.25) is 4.68 Å². The second kappa shape index (κ2) is 7.42. The number of aromatic nitrogens is 2. The first-order chi connectivity index (χ1) is 8.21. The zero-order chi connectivity index (χ0) is 12.7. The van der Waals surface area contributed by atoms with Gasteiger partial charge in [0.05, 0.1) is 18.0 Å². The van der Waals surface area contributed by atoms with Gasteiger partial charge in [-0.2, -0.15) is 5.10 Å². The summed E-state index contributed by atoms with van der Waals surface area (Å²) in [5.74, 6) is 0. The number of hydrogen-bond donors (Lipinski definition) is 2. The fourth-order valence-corrected chi connectivity index (χ4v) is 1.87. The maximum atomic E-state index is 8.95. The van der Waals surface area contributed by atoms with Gasteiger partial charge in [-0.1, -0.05) is 0 Å². The van der Waals surface area contributed by atoms with Crippen LogP contribution in [0.4, 0.5) is 0 Å². The predicted molar refractivity (Wildman–Crippen MR) is 66.8 cm³/mol. The van der Waals surface area contributed by atoms with Crippen LogP contribution in [-0.4, -0.2) is 41.3 Å². The van der Waals surface area contributed by atoms with Crippen LogP contribution in [0.3, 0.4) is 0 Å². The lowest BCUT2D eigenvalue weighted by molar-refractivity contribution is 0.147. The molecule has 98 valence electrons. The summed E-state index contributed by atoms with van der Waals surface area (Å²) in [6, 6.07) is 2.27. The van der Waals surface area contributed by atoms with Crippen molar-refractivity contribution in [3.05, 3.63) is 17.5 Å². The molecule has 1 atom stereocenters. The third kappa shape index (κ3) is 4.46. The van der Waals surface area contributed by atoms with E-state index in [0.717, 1.165) is 18.8 Å². The summed E-state index contributed by atoms with van der Waals surface area (Å²) in [5, 5.41) is 16.7. The van der Waals surface area contributed by atoms with E-state index < -0.39 is 0 Å². The topological polar surface area (TPSA) is 59.3 Å². The highest BCUT2D eigenvalue weighted by atomic mass is 16.5. The van der Waals surface area contributed by atoms with Crippen LogP contribution in [0.5, 0.6) is 0 Å². The molecule has 0 fully saturated rings. The molecule has 0 aliphatic carbocycles. The van der Waals surface area contributed by atoms with Gasteiger partial charge in [0.25, 0.3) is 0 Å². The van der Waals surface area contributed by atoms with Crippen LogP contribution in [0.25, 0.3) is 0 Å². The number of aliphatic hydroxyl groups is 1. The number of methoxy groups -OCH3 is 1. The number of ether oxygens (including phenoxy) is 1. The van der Waals surface area contributed by atoms with Crippen molar-refractivity contribution in [3.63, 3.8) is 0 Å². The second-order valence-electron chi connectivity index (χ2n) is 4.14. The summed E-state index contributed by atoms with van der Waals surface area (Å²) < 4.78 is 7.10. The van der Waals surface area contributed by atoms with E-state index in [-0.39, 0.29) is 12.6 Å². The van der Waals surface area contributed by atoms with E-state index in [4.69, 9.17) is 9.84 Å². The SMILES string of the molecule is CCn1nc(C)cc1CNC(CCO)COC. The number of aryl methyl sites for hydroxylation is 2. The third-order valence-electron chi connectivity index (χ3n) is 2.70. The molecule has 1 aromatic rings. The van der Waals surface area contributed by atoms with Gasteiger partial charge in [0.2, 0.25) is 0 Å². The van der Waals surface area contributed by atoms with Crippen LogP contribution < -0.4 is 5.32 Å². The Balaban J connectivity index is 2.51. The molecule has 2 N–H and O–H groups in total. The quantitative estimate of drug-likeness (QED) is 0.703. The molecule has 1 unspecified atom stereocenters. The first-order valence-corrected chi connectivity index (χ1v) is 6.07. The van der Waals surface area contributed by atoms with E-state index in [1.807, 2.05) is 11.6 Å². The predicted octanol–water partition coefficient (Wildman–Crippen LogP) is 0.698. The Morgan fingerprint density at radius 3 is 2.94 bits per heavy atom. The average Bonchev–Trinajstić information content (AvgIpc) is 2.67. The minimum atomic E-state index is 0.174. The molecule has 1 rings (SSSR count). The van der Waals surface area contributed by atoms with Crippen molar-refractivity contribution in [2.24, 2.45) is 0 Å². The third-order valence-corrected chi connectivity index (χ3v) is 2.70. The lowest BCUT2D eigenvalue weighted by Gasteiger charge is -2.17. The molecule has 0 saturated carbocycles. The Bertz CT molecular complexity index is 320. The van der Waals surface area contributed by atoms with Crippen molar-refractivity contribution in [2.75, 3.05) is 20.3 Å². The average molecular weight is 241 g/mol. The summed E-state index contributed by atoms with van der Waals surface area (Å²) in [4.78, 5) is 0. The molecule has 0 bridgehead atoms. The van der Waals surface area contributed by atoms with E-state index in [1.54, 1.807) is 7.11 Å². The molecule has 0 aliphatic rings. The Labute approximate surface area is 103 Å². The van der Waals surface area contributed by atoms with Crippen LogP contribution >= 0.6 is 0 Å². The summed E-state index contributed by atoms with van der Waals surface area (Å²) in [6.07, 6.45) is 0.701. The van der Waals surface area contributed by atoms with Crippen molar-refractivity contribution in [3.8, 4) is 0 Å². The second-order valence-corrected chi connectivity index (χ2v) is 4.14. The lowest BCUT2D eigenvalue weighted by Crippen LogP contribution is -2.34. The molecule has 1 aromatic heterocycles. The first-order valence-electron chi connectivity index (χ1n) is 6.07. The molecule has 0 saturated heterocycles. The highest BCUT2D eigenvalue weighted by molar-refractivity contribution is 5.08. The zero-order valence-electron chi connectivity index (χ0n) is 10.9. The Morgan fingerprint density at radius 1 is 1.59 bits per heavy atom. The molecule has 5 nitrogen and oxygen atoms in total. The fraction of sp³-hybridized carbons (Fsp3) is 0.750. The normalized spacial score (nSPS) is 12.9. The van der Waals surface area contributed by atoms with Gasteiger partial charge in [-0.05, 0) is 26.3 Å². The highest BCUT2D eigenvalue weighted by Crippen LogP contribution is 2.04. The van der Waals surface area contributed by atoms with Gasteiger partial charge in [-0.15, -0.1) is 0 Å². The van der Waals surface area contributed by atoms with Crippen LogP contribution in [0, 0.1) is 6.92 Å². The van der Waals surface area contributed by atoms with Gasteiger partial charge in [-0.25, -0.2) is 0 Å². The summed E-state index contributed by atoms with van der Waals surface area (Å²) >= 11 is 0. The number of hydrogen-bond acceptors (Lipinski definition) is 4. The van der Waals surface area contributed by atoms with Gasteiger partial charge >= 0.3 is 0 Å². The van der Waals surface area contributed by atoms with Gasteiger partial charge in [0.1, 0.15) is 0 Å². The lowest BCUT2D eigenvalue weighted by atomic mass is 10.2. The molecule has 0 spiro atoms. The monoisotopic (exact) mass is 241 g/mol. The number of nitrogens with zero attached hydrogens (tertiary/aromatic N) is 2. The largest absolute Gasteiger partial charge is 0.396 e. The number of rotatable bonds is 8. The van der Waals surface area contributed by atoms with Crippen molar-refractivity contribution >= 4 is 0 Å². The first kappa shape index (κ1) is 14.2. The molecule has 0 aromatic carbocycles. The fourth-order valence-electron chi connectivity index (χ4n) is 1.87. The van der Waals surface area contributed by atoms with E-state index in [0.29, 0.717) is 13.0 Å². The Hall–Kier alpha value is -0.910. The molecule has 0 amide bonds. The Morgan fingerprint density at radius 2 is 2.35 bits per heavy atom. The molecule has 1 heterocycles. The van der Waals surface area contributed by atoms with Crippen LogP contribution in [0.1, 0.15) is 24.7 Å². The standard InChI is InChI=1S/C12H23N3O2/c1-4-15-12(7-10(2)14-15)8-13-11(5-6-16)9-17-3/h7,11,13,16H,4-6,8-9H2,1-3H3. The molecule has 5 heteroatoms. The van der Waals surface area contributed by atoms with Crippen molar-refractivity contribution in [2.45, 2.75) is 39.4 Å². The van der Waals surface area contributed by atoms with Crippen LogP contribution in [-0.2, 0) is 17.8 Å². The van der Waals surface area contributed by atoms with E-state index in [2.05, 4.69) is 23.4 Å². The summed E-state index contributed by atoms with van der Waals surface area (Å²) in [6.45, 7) is 6.49. The zero-order valence-corrected chi connectivity index (χ0v) is 10.9. The maximum absolute atomic E-state index is 8.95. The van der Waals surface area contributed by atoms with Crippen LogP contribution in [0.15, 0.2) is 6.07 Å². The van der Waals surface area contributed by atoms with Crippen molar-refractivity contribution < 1.29 is 9.84 Å². The van der Waals surface area contributed by atoms with Crippen molar-refractivity contribution in [1.29, 1.82) is 0 Å². The Kier molecular flexibility index (Phi) is 6.18. The van der Waals surface area contributed by atoms with Gasteiger partial charge in [0, 0.05) is 32.8 Å². The maximum Gasteiger partial charge on any atom is 0.0616 e. The molecular weight excluding hydrogens is 218 g/mol. The molecule has 17 heavy (non-hydrogen) atoms. The minimum absolute atomic E-state index is 0.174. The highest BCUT2D eigenvalue weighted by Gasteiger charge is 2.09. The molecular formula is C12H23N3O2. The van der Waals surface area contributed by atoms with E-state index in [9.17, 15) is 0 Å². The van der Waals surface area contributed by atoms with Crippen molar-refractivity contribution in [1.82, 2.24) is 15.1 Å².